The fraction of sp³-hybridized carbons (Fsp3) is 0.217. The van der Waals surface area contributed by atoms with Crippen molar-refractivity contribution in [3.8, 4) is 5.75 Å². The van der Waals surface area contributed by atoms with Gasteiger partial charge < -0.3 is 15.4 Å². The van der Waals surface area contributed by atoms with Crippen LogP contribution < -0.4 is 15.4 Å². The minimum absolute atomic E-state index is 0.187. The van der Waals surface area contributed by atoms with E-state index in [2.05, 4.69) is 15.6 Å². The maximum atomic E-state index is 12.9. The number of anilines is 1. The Morgan fingerprint density at radius 3 is 2.62 bits per heavy atom. The van der Waals surface area contributed by atoms with Gasteiger partial charge in [-0.15, -0.1) is 0 Å². The number of aromatic nitrogens is 1. The van der Waals surface area contributed by atoms with Crippen LogP contribution in [0.3, 0.4) is 0 Å². The number of methoxy groups -OCH3 is 1. The lowest BCUT2D eigenvalue weighted by Gasteiger charge is -2.11. The van der Waals surface area contributed by atoms with Gasteiger partial charge in [0.15, 0.2) is 0 Å². The number of ether oxygens (including phenoxy) is 1. The molecule has 0 unspecified atom stereocenters. The topological polar surface area (TPSA) is 63.2 Å². The predicted molar refractivity (Wildman–Crippen MR) is 112 cm³/mol. The van der Waals surface area contributed by atoms with Crippen molar-refractivity contribution >= 4 is 11.6 Å². The second-order valence-electron chi connectivity index (χ2n) is 6.58. The average Bonchev–Trinajstić information content (AvgIpc) is 2.75. The Hall–Kier alpha value is -3.41. The van der Waals surface area contributed by atoms with Crippen LogP contribution in [0.15, 0.2) is 67.0 Å². The third kappa shape index (κ3) is 6.04. The maximum Gasteiger partial charge on any atom is 0.252 e. The fourth-order valence-electron chi connectivity index (χ4n) is 2.99. The first-order chi connectivity index (χ1) is 14.2. The van der Waals surface area contributed by atoms with E-state index in [9.17, 15) is 9.18 Å². The first kappa shape index (κ1) is 20.3. The molecule has 0 fully saturated rings. The largest absolute Gasteiger partial charge is 0.496 e. The van der Waals surface area contributed by atoms with E-state index in [4.69, 9.17) is 4.74 Å². The number of hydrogen-bond donors (Lipinski definition) is 2. The number of amides is 1. The minimum atomic E-state index is -0.265. The molecule has 1 aromatic heterocycles. The molecule has 2 N–H and O–H groups in total. The summed E-state index contributed by atoms with van der Waals surface area (Å²) in [6.45, 7) is 1.16. The smallest absolute Gasteiger partial charge is 0.252 e. The molecule has 1 heterocycles. The molecule has 0 radical (unpaired) electrons. The Morgan fingerprint density at radius 1 is 1.03 bits per heavy atom. The van der Waals surface area contributed by atoms with Gasteiger partial charge in [-0.25, -0.2) is 4.39 Å². The van der Waals surface area contributed by atoms with Crippen LogP contribution in [0.4, 0.5) is 10.1 Å². The van der Waals surface area contributed by atoms with E-state index < -0.39 is 0 Å². The van der Waals surface area contributed by atoms with Gasteiger partial charge in [-0.1, -0.05) is 30.3 Å². The van der Waals surface area contributed by atoms with Gasteiger partial charge in [-0.3, -0.25) is 9.78 Å². The van der Waals surface area contributed by atoms with Crippen LogP contribution in [0.5, 0.6) is 5.75 Å². The molecule has 6 heteroatoms. The van der Waals surface area contributed by atoms with Crippen molar-refractivity contribution in [2.75, 3.05) is 25.5 Å². The van der Waals surface area contributed by atoms with E-state index in [1.165, 1.54) is 12.1 Å². The Balaban J connectivity index is 1.49. The lowest BCUT2D eigenvalue weighted by molar-refractivity contribution is 0.0954. The molecule has 3 rings (SSSR count). The molecule has 0 bridgehead atoms. The molecule has 0 aliphatic rings. The maximum absolute atomic E-state index is 12.9. The summed E-state index contributed by atoms with van der Waals surface area (Å²) in [5.74, 6) is 0.411. The van der Waals surface area contributed by atoms with Crippen molar-refractivity contribution in [3.05, 3.63) is 89.5 Å². The fourth-order valence-corrected chi connectivity index (χ4v) is 2.99. The van der Waals surface area contributed by atoms with Gasteiger partial charge in [-0.2, -0.15) is 0 Å². The lowest BCUT2D eigenvalue weighted by Crippen LogP contribution is -2.26. The molecule has 0 saturated heterocycles. The molecule has 2 aromatic carbocycles. The first-order valence-electron chi connectivity index (χ1n) is 9.49. The lowest BCUT2D eigenvalue weighted by atomic mass is 10.1. The van der Waals surface area contributed by atoms with Crippen LogP contribution in [0.25, 0.3) is 0 Å². The van der Waals surface area contributed by atoms with Crippen LogP contribution >= 0.6 is 0 Å². The molecular weight excluding hydrogens is 369 g/mol. The second-order valence-corrected chi connectivity index (χ2v) is 6.58. The predicted octanol–water partition coefficient (Wildman–Crippen LogP) is 3.86. The molecule has 3 aromatic rings. The number of hydrogen-bond acceptors (Lipinski definition) is 4. The van der Waals surface area contributed by atoms with Gasteiger partial charge in [0, 0.05) is 25.5 Å². The highest BCUT2D eigenvalue weighted by Gasteiger charge is 2.07. The Labute approximate surface area is 169 Å². The van der Waals surface area contributed by atoms with Crippen molar-refractivity contribution in [2.24, 2.45) is 0 Å². The van der Waals surface area contributed by atoms with E-state index in [0.29, 0.717) is 25.1 Å². The molecule has 0 aliphatic heterocycles. The van der Waals surface area contributed by atoms with Gasteiger partial charge in [0.2, 0.25) is 0 Å². The van der Waals surface area contributed by atoms with Crippen molar-refractivity contribution in [3.63, 3.8) is 0 Å². The van der Waals surface area contributed by atoms with E-state index in [1.54, 1.807) is 37.7 Å². The van der Waals surface area contributed by atoms with Crippen LogP contribution in [0.2, 0.25) is 0 Å². The SMILES string of the molecule is COc1ccccc1CCNc1cncc(C(=O)NCCc2ccc(F)cc2)c1. The van der Waals surface area contributed by atoms with Crippen LogP contribution in [0.1, 0.15) is 21.5 Å². The van der Waals surface area contributed by atoms with Crippen LogP contribution in [-0.4, -0.2) is 31.1 Å². The number of benzene rings is 2. The number of para-hydroxylation sites is 1. The summed E-state index contributed by atoms with van der Waals surface area (Å²) in [4.78, 5) is 16.5. The number of rotatable bonds is 9. The van der Waals surface area contributed by atoms with Crippen molar-refractivity contribution < 1.29 is 13.9 Å². The highest BCUT2D eigenvalue weighted by molar-refractivity contribution is 5.94. The minimum Gasteiger partial charge on any atom is -0.496 e. The third-order valence-electron chi connectivity index (χ3n) is 4.53. The molecule has 0 aliphatic carbocycles. The standard InChI is InChI=1S/C23H24FN3O2/c1-29-22-5-3-2-4-18(22)11-13-26-21-14-19(15-25-16-21)23(28)27-12-10-17-6-8-20(24)9-7-17/h2-9,14-16,26H,10-13H2,1H3,(H,27,28). The number of halogens is 1. The van der Waals surface area contributed by atoms with Gasteiger partial charge >= 0.3 is 0 Å². The Morgan fingerprint density at radius 2 is 1.83 bits per heavy atom. The highest BCUT2D eigenvalue weighted by atomic mass is 19.1. The van der Waals surface area contributed by atoms with Gasteiger partial charge in [0.1, 0.15) is 11.6 Å². The molecule has 0 saturated carbocycles. The number of carbonyl (C=O) groups excluding carboxylic acids is 1. The molecule has 5 nitrogen and oxygen atoms in total. The van der Waals surface area contributed by atoms with Gasteiger partial charge in [-0.05, 0) is 48.2 Å². The van der Waals surface area contributed by atoms with E-state index in [-0.39, 0.29) is 11.7 Å². The van der Waals surface area contributed by atoms with Gasteiger partial charge in [0.05, 0.1) is 18.4 Å². The summed E-state index contributed by atoms with van der Waals surface area (Å²) in [6.07, 6.45) is 4.66. The molecule has 1 amide bonds. The monoisotopic (exact) mass is 393 g/mol. The zero-order valence-electron chi connectivity index (χ0n) is 16.3. The number of pyridine rings is 1. The normalized spacial score (nSPS) is 10.4. The van der Waals surface area contributed by atoms with Crippen LogP contribution in [0, 0.1) is 5.82 Å². The number of nitrogens with one attached hydrogen (secondary N) is 2. The highest BCUT2D eigenvalue weighted by Crippen LogP contribution is 2.18. The van der Waals surface area contributed by atoms with Crippen molar-refractivity contribution in [2.45, 2.75) is 12.8 Å². The van der Waals surface area contributed by atoms with E-state index in [1.807, 2.05) is 24.3 Å². The molecule has 29 heavy (non-hydrogen) atoms. The molecule has 0 atom stereocenters. The summed E-state index contributed by atoms with van der Waals surface area (Å²) in [7, 11) is 1.66. The van der Waals surface area contributed by atoms with Crippen LogP contribution in [-0.2, 0) is 12.8 Å². The molecule has 0 spiro atoms. The zero-order chi connectivity index (χ0) is 20.5. The van der Waals surface area contributed by atoms with E-state index in [0.717, 1.165) is 29.0 Å². The summed E-state index contributed by atoms with van der Waals surface area (Å²) >= 11 is 0. The summed E-state index contributed by atoms with van der Waals surface area (Å²) < 4.78 is 18.3. The summed E-state index contributed by atoms with van der Waals surface area (Å²) in [6, 6.07) is 15.9. The quantitative estimate of drug-likeness (QED) is 0.580. The van der Waals surface area contributed by atoms with E-state index >= 15 is 0 Å². The second kappa shape index (κ2) is 10.2. The third-order valence-corrected chi connectivity index (χ3v) is 4.53. The molecule has 150 valence electrons. The Kier molecular flexibility index (Phi) is 7.16. The molecular formula is C23H24FN3O2. The first-order valence-corrected chi connectivity index (χ1v) is 9.49. The Bertz CT molecular complexity index is 945. The number of carbonyl (C=O) groups is 1. The van der Waals surface area contributed by atoms with Gasteiger partial charge in [0.25, 0.3) is 5.91 Å². The van der Waals surface area contributed by atoms with Crippen molar-refractivity contribution in [1.82, 2.24) is 10.3 Å². The number of nitrogens with zero attached hydrogens (tertiary/aromatic N) is 1. The summed E-state index contributed by atoms with van der Waals surface area (Å²) in [5.41, 5.74) is 3.36. The van der Waals surface area contributed by atoms with Crippen molar-refractivity contribution in [1.29, 1.82) is 0 Å². The zero-order valence-corrected chi connectivity index (χ0v) is 16.3. The average molecular weight is 393 g/mol. The summed E-state index contributed by atoms with van der Waals surface area (Å²) in [5, 5.41) is 6.16.